The summed E-state index contributed by atoms with van der Waals surface area (Å²) < 4.78 is 21.9. The number of piperidine rings is 2. The van der Waals surface area contributed by atoms with Crippen LogP contribution >= 0.6 is 0 Å². The van der Waals surface area contributed by atoms with Crippen molar-refractivity contribution >= 4 is 23.0 Å². The molecule has 3 aromatic carbocycles. The molecule has 0 aliphatic carbocycles. The smallest absolute Gasteiger partial charge is 0.305 e. The van der Waals surface area contributed by atoms with Crippen molar-refractivity contribution in [1.82, 2.24) is 0 Å². The van der Waals surface area contributed by atoms with E-state index in [0.717, 1.165) is 64.6 Å². The van der Waals surface area contributed by atoms with Crippen molar-refractivity contribution in [2.24, 2.45) is 0 Å². The van der Waals surface area contributed by atoms with Gasteiger partial charge in [-0.05, 0) is 119 Å². The fourth-order valence-corrected chi connectivity index (χ4v) is 7.99. The molecule has 9 heteroatoms. The number of morpholine rings is 1. The van der Waals surface area contributed by atoms with Crippen molar-refractivity contribution in [3.05, 3.63) is 78.4 Å². The minimum absolute atomic E-state index is 0.0194. The number of esters is 1. The Kier molecular flexibility index (Phi) is 26.0. The first kappa shape index (κ1) is 50.7. The lowest BCUT2D eigenvalue weighted by Gasteiger charge is -2.28. The zero-order valence-corrected chi connectivity index (χ0v) is 39.0. The predicted molar refractivity (Wildman–Crippen MR) is 259 cm³/mol. The highest BCUT2D eigenvalue weighted by atomic mass is 16.5. The highest BCUT2D eigenvalue weighted by molar-refractivity contribution is 5.69. The van der Waals surface area contributed by atoms with Crippen LogP contribution in [-0.2, 0) is 14.3 Å². The summed E-state index contributed by atoms with van der Waals surface area (Å²) in [5, 5.41) is 9.83. The minimum atomic E-state index is -0.808. The second kappa shape index (κ2) is 31.8. The van der Waals surface area contributed by atoms with Crippen LogP contribution in [0.2, 0.25) is 0 Å². The number of ether oxygens (including phenoxy) is 4. The summed E-state index contributed by atoms with van der Waals surface area (Å²) >= 11 is 0. The number of benzene rings is 3. The molecule has 3 aromatic rings. The normalized spacial score (nSPS) is 15.7. The fraction of sp³-hybridized carbons (Fsp3) is 0.642. The van der Waals surface area contributed by atoms with Crippen LogP contribution in [0, 0.1) is 6.92 Å². The molecule has 3 saturated heterocycles. The van der Waals surface area contributed by atoms with Crippen LogP contribution in [0.15, 0.2) is 72.8 Å². The van der Waals surface area contributed by atoms with Crippen molar-refractivity contribution in [2.45, 2.75) is 149 Å². The molecule has 0 amide bonds. The summed E-state index contributed by atoms with van der Waals surface area (Å²) in [5.41, 5.74) is 5.23. The molecule has 1 atom stereocenters. The van der Waals surface area contributed by atoms with Crippen LogP contribution in [0.5, 0.6) is 11.5 Å². The predicted octanol–water partition coefficient (Wildman–Crippen LogP) is 12.0. The lowest BCUT2D eigenvalue weighted by Crippen LogP contribution is -2.36. The lowest BCUT2D eigenvalue weighted by molar-refractivity contribution is -0.147. The third-order valence-corrected chi connectivity index (χ3v) is 11.9. The molecule has 0 spiro atoms. The third-order valence-electron chi connectivity index (χ3n) is 11.9. The molecule has 3 fully saturated rings. The molecule has 346 valence electrons. The molecule has 9 nitrogen and oxygen atoms in total. The quantitative estimate of drug-likeness (QED) is 0.0740. The Hall–Kier alpha value is -3.95. The van der Waals surface area contributed by atoms with Gasteiger partial charge in [0.15, 0.2) is 0 Å². The van der Waals surface area contributed by atoms with Gasteiger partial charge < -0.3 is 38.8 Å². The van der Waals surface area contributed by atoms with E-state index in [-0.39, 0.29) is 19.2 Å². The Morgan fingerprint density at radius 3 is 1.48 bits per heavy atom. The maximum atomic E-state index is 11.4. The van der Waals surface area contributed by atoms with E-state index in [1.807, 2.05) is 19.1 Å². The van der Waals surface area contributed by atoms with Gasteiger partial charge in [-0.2, -0.15) is 0 Å². The molecular formula is C53H83N3O6. The van der Waals surface area contributed by atoms with Gasteiger partial charge in [-0.3, -0.25) is 4.79 Å². The molecule has 0 aromatic heterocycles. The average Bonchev–Trinajstić information content (AvgIpc) is 3.33. The number of rotatable bonds is 23. The number of carbonyl (C=O) groups is 1. The van der Waals surface area contributed by atoms with Crippen molar-refractivity contribution in [2.75, 3.05) is 87.0 Å². The van der Waals surface area contributed by atoms with Gasteiger partial charge in [0.05, 0.1) is 19.8 Å². The van der Waals surface area contributed by atoms with Crippen molar-refractivity contribution in [3.63, 3.8) is 0 Å². The topological polar surface area (TPSA) is 83.9 Å². The van der Waals surface area contributed by atoms with Gasteiger partial charge in [-0.15, -0.1) is 0 Å². The molecule has 1 N–H and O–H groups in total. The lowest BCUT2D eigenvalue weighted by atomic mass is 10.1. The standard InChI is InChI=1S/C22H37NO2.C19H29NO4.C12H17N/c1-2-3-4-5-6-7-8-9-10-11-18-25-22-14-12-21(13-15-22)23-16-19-24-20-17-23;1-2-3-7-19(22)24-15-17(21)14-23-18-10-8-16(9-11-18)20-12-5-4-6-13-20;1-11-5-7-12(8-6-11)13-9-3-2-4-10-13/h12-15H,2-11,16-20H2,1H3;8-11,17,21H,2-7,12-15H2,1H3;5-8H,2-4,9-10H2,1H3. The first-order valence-electron chi connectivity index (χ1n) is 24.6. The number of carbonyl (C=O) groups excluding carboxylic acids is 1. The highest BCUT2D eigenvalue weighted by Crippen LogP contribution is 2.24. The van der Waals surface area contributed by atoms with E-state index in [2.05, 4.69) is 89.2 Å². The number of aliphatic hydroxyl groups excluding tert-OH is 1. The first-order chi connectivity index (χ1) is 30.4. The van der Waals surface area contributed by atoms with Gasteiger partial charge >= 0.3 is 5.97 Å². The molecule has 62 heavy (non-hydrogen) atoms. The third kappa shape index (κ3) is 21.4. The first-order valence-corrected chi connectivity index (χ1v) is 24.6. The molecule has 1 unspecified atom stereocenters. The van der Waals surface area contributed by atoms with Crippen molar-refractivity contribution in [1.29, 1.82) is 0 Å². The van der Waals surface area contributed by atoms with E-state index in [1.54, 1.807) is 0 Å². The van der Waals surface area contributed by atoms with Crippen LogP contribution in [0.25, 0.3) is 0 Å². The van der Waals surface area contributed by atoms with Crippen LogP contribution < -0.4 is 24.2 Å². The molecule has 3 heterocycles. The summed E-state index contributed by atoms with van der Waals surface area (Å²) in [6.45, 7) is 15.7. The Morgan fingerprint density at radius 2 is 0.984 bits per heavy atom. The second-order valence-corrected chi connectivity index (χ2v) is 17.3. The van der Waals surface area contributed by atoms with Crippen LogP contribution in [0.3, 0.4) is 0 Å². The number of hydrogen-bond donors (Lipinski definition) is 1. The summed E-state index contributed by atoms with van der Waals surface area (Å²) in [4.78, 5) is 18.6. The van der Waals surface area contributed by atoms with Gasteiger partial charge in [0, 0.05) is 62.8 Å². The van der Waals surface area contributed by atoms with Gasteiger partial charge in [-0.1, -0.05) is 95.8 Å². The van der Waals surface area contributed by atoms with Crippen LogP contribution in [-0.4, -0.2) is 89.5 Å². The van der Waals surface area contributed by atoms with Crippen LogP contribution in [0.1, 0.15) is 141 Å². The molecule has 3 aliphatic heterocycles. The Bertz CT molecular complexity index is 1540. The van der Waals surface area contributed by atoms with Gasteiger partial charge in [0.25, 0.3) is 0 Å². The van der Waals surface area contributed by atoms with Gasteiger partial charge in [0.1, 0.15) is 30.8 Å². The number of anilines is 3. The zero-order valence-electron chi connectivity index (χ0n) is 39.0. The van der Waals surface area contributed by atoms with Crippen molar-refractivity contribution < 1.29 is 28.8 Å². The molecule has 6 rings (SSSR count). The maximum Gasteiger partial charge on any atom is 0.305 e. The van der Waals surface area contributed by atoms with Gasteiger partial charge in [0.2, 0.25) is 0 Å². The highest BCUT2D eigenvalue weighted by Gasteiger charge is 2.14. The molecule has 0 radical (unpaired) electrons. The largest absolute Gasteiger partial charge is 0.494 e. The molecule has 0 saturated carbocycles. The Labute approximate surface area is 376 Å². The Balaban J connectivity index is 0.000000214. The van der Waals surface area contributed by atoms with E-state index in [4.69, 9.17) is 18.9 Å². The average molecular weight is 858 g/mol. The van der Waals surface area contributed by atoms with E-state index in [9.17, 15) is 9.90 Å². The number of nitrogens with zero attached hydrogens (tertiary/aromatic N) is 3. The van der Waals surface area contributed by atoms with E-state index in [0.29, 0.717) is 12.2 Å². The molecule has 3 aliphatic rings. The summed E-state index contributed by atoms with van der Waals surface area (Å²) in [6.07, 6.45) is 22.9. The zero-order chi connectivity index (χ0) is 43.9. The monoisotopic (exact) mass is 858 g/mol. The van der Waals surface area contributed by atoms with E-state index >= 15 is 0 Å². The summed E-state index contributed by atoms with van der Waals surface area (Å²) in [6, 6.07) is 25.3. The molecular weight excluding hydrogens is 775 g/mol. The molecule has 0 bridgehead atoms. The SMILES string of the molecule is CCCCC(=O)OCC(O)COc1ccc(N2CCCCC2)cc1.CCCCCCCCCCCCOc1ccc(N2CCOCC2)cc1.Cc1ccc(N2CCCCC2)cc1. The number of hydrogen-bond acceptors (Lipinski definition) is 9. The number of aryl methyl sites for hydroxylation is 1. The number of unbranched alkanes of at least 4 members (excludes halogenated alkanes) is 10. The Morgan fingerprint density at radius 1 is 0.548 bits per heavy atom. The van der Waals surface area contributed by atoms with E-state index in [1.165, 1.54) is 138 Å². The van der Waals surface area contributed by atoms with Gasteiger partial charge in [-0.25, -0.2) is 0 Å². The fourth-order valence-electron chi connectivity index (χ4n) is 7.99. The summed E-state index contributed by atoms with van der Waals surface area (Å²) in [5.74, 6) is 1.45. The summed E-state index contributed by atoms with van der Waals surface area (Å²) in [7, 11) is 0. The minimum Gasteiger partial charge on any atom is -0.494 e. The maximum absolute atomic E-state index is 11.4. The second-order valence-electron chi connectivity index (χ2n) is 17.3. The van der Waals surface area contributed by atoms with Crippen molar-refractivity contribution in [3.8, 4) is 11.5 Å². The van der Waals surface area contributed by atoms with Crippen LogP contribution in [0.4, 0.5) is 17.1 Å². The van der Waals surface area contributed by atoms with E-state index < -0.39 is 6.10 Å². The number of aliphatic hydroxyl groups is 1.